The van der Waals surface area contributed by atoms with Gasteiger partial charge in [0.2, 0.25) is 0 Å². The first kappa shape index (κ1) is 15.4. The maximum absolute atomic E-state index is 13.0. The SMILES string of the molecule is COC(=O)C(=O)C(Cl)c1ccc(F)c(C(F)(F)F)c1. The van der Waals surface area contributed by atoms with E-state index in [0.29, 0.717) is 12.1 Å². The molecular formula is C11H7ClF4O3. The topological polar surface area (TPSA) is 43.4 Å². The van der Waals surface area contributed by atoms with Gasteiger partial charge in [-0.3, -0.25) is 4.79 Å². The number of ether oxygens (including phenoxy) is 1. The van der Waals surface area contributed by atoms with Gasteiger partial charge >= 0.3 is 12.1 Å². The second-order valence-corrected chi connectivity index (χ2v) is 3.89. The number of carbonyl (C=O) groups excluding carboxylic acids is 2. The van der Waals surface area contributed by atoms with Crippen LogP contribution in [0.3, 0.4) is 0 Å². The predicted molar refractivity (Wildman–Crippen MR) is 57.0 cm³/mol. The Kier molecular flexibility index (Phi) is 4.52. The minimum atomic E-state index is -4.93. The molecule has 1 atom stereocenters. The highest BCUT2D eigenvalue weighted by Crippen LogP contribution is 2.34. The second-order valence-electron chi connectivity index (χ2n) is 3.46. The lowest BCUT2D eigenvalue weighted by Crippen LogP contribution is -2.20. The van der Waals surface area contributed by atoms with Crippen molar-refractivity contribution < 1.29 is 31.9 Å². The molecule has 0 spiro atoms. The van der Waals surface area contributed by atoms with Gasteiger partial charge in [0, 0.05) is 0 Å². The van der Waals surface area contributed by atoms with Crippen LogP contribution in [0, 0.1) is 5.82 Å². The van der Waals surface area contributed by atoms with E-state index in [9.17, 15) is 27.2 Å². The van der Waals surface area contributed by atoms with Crippen molar-refractivity contribution >= 4 is 23.4 Å². The van der Waals surface area contributed by atoms with E-state index in [1.165, 1.54) is 0 Å². The van der Waals surface area contributed by atoms with E-state index in [4.69, 9.17) is 11.6 Å². The van der Waals surface area contributed by atoms with Gasteiger partial charge in [-0.25, -0.2) is 9.18 Å². The molecule has 3 nitrogen and oxygen atoms in total. The zero-order valence-electron chi connectivity index (χ0n) is 9.42. The lowest BCUT2D eigenvalue weighted by atomic mass is 10.0. The van der Waals surface area contributed by atoms with Gasteiger partial charge in [0.25, 0.3) is 5.78 Å². The molecule has 1 aromatic rings. The summed E-state index contributed by atoms with van der Waals surface area (Å²) in [5.74, 6) is -4.02. The molecule has 0 aliphatic heterocycles. The zero-order chi connectivity index (χ0) is 14.8. The Morgan fingerprint density at radius 2 is 1.89 bits per heavy atom. The fraction of sp³-hybridized carbons (Fsp3) is 0.273. The van der Waals surface area contributed by atoms with Crippen molar-refractivity contribution in [3.8, 4) is 0 Å². The van der Waals surface area contributed by atoms with Crippen LogP contribution < -0.4 is 0 Å². The number of ketones is 1. The van der Waals surface area contributed by atoms with Crippen LogP contribution >= 0.6 is 11.6 Å². The minimum absolute atomic E-state index is 0.342. The molecule has 8 heteroatoms. The molecule has 0 aromatic heterocycles. The fourth-order valence-corrected chi connectivity index (χ4v) is 1.50. The van der Waals surface area contributed by atoms with Crippen LogP contribution in [0.15, 0.2) is 18.2 Å². The Labute approximate surface area is 110 Å². The summed E-state index contributed by atoms with van der Waals surface area (Å²) in [5, 5.41) is -1.67. The third kappa shape index (κ3) is 3.44. The molecular weight excluding hydrogens is 292 g/mol. The van der Waals surface area contributed by atoms with Gasteiger partial charge in [0.05, 0.1) is 12.7 Å². The number of hydrogen-bond donors (Lipinski definition) is 0. The quantitative estimate of drug-likeness (QED) is 0.373. The summed E-state index contributed by atoms with van der Waals surface area (Å²) in [6.45, 7) is 0. The number of esters is 1. The van der Waals surface area contributed by atoms with Gasteiger partial charge in [-0.15, -0.1) is 11.6 Å². The molecule has 0 heterocycles. The number of rotatable bonds is 3. The average molecular weight is 299 g/mol. The molecule has 0 aliphatic rings. The van der Waals surface area contributed by atoms with Crippen LogP contribution in [-0.2, 0) is 20.5 Å². The van der Waals surface area contributed by atoms with Crippen LogP contribution in [-0.4, -0.2) is 18.9 Å². The van der Waals surface area contributed by atoms with E-state index < -0.39 is 34.7 Å². The van der Waals surface area contributed by atoms with Crippen molar-refractivity contribution in [2.24, 2.45) is 0 Å². The predicted octanol–water partition coefficient (Wildman–Crippen LogP) is 2.87. The highest BCUT2D eigenvalue weighted by Gasteiger charge is 2.35. The Balaban J connectivity index is 3.16. The lowest BCUT2D eigenvalue weighted by molar-refractivity contribution is -0.151. The lowest BCUT2D eigenvalue weighted by Gasteiger charge is -2.12. The molecule has 0 radical (unpaired) electrons. The highest BCUT2D eigenvalue weighted by atomic mass is 35.5. The summed E-state index contributed by atoms with van der Waals surface area (Å²) in [7, 11) is 0.926. The third-order valence-electron chi connectivity index (χ3n) is 2.21. The number of hydrogen-bond acceptors (Lipinski definition) is 3. The van der Waals surface area contributed by atoms with E-state index in [-0.39, 0.29) is 5.56 Å². The van der Waals surface area contributed by atoms with Crippen LogP contribution in [0.1, 0.15) is 16.5 Å². The number of alkyl halides is 4. The van der Waals surface area contributed by atoms with E-state index in [0.717, 1.165) is 13.2 Å². The molecule has 0 aliphatic carbocycles. The molecule has 0 saturated carbocycles. The maximum atomic E-state index is 13.0. The molecule has 19 heavy (non-hydrogen) atoms. The third-order valence-corrected chi connectivity index (χ3v) is 2.66. The first-order chi connectivity index (χ1) is 8.68. The summed E-state index contributed by atoms with van der Waals surface area (Å²) >= 11 is 5.56. The summed E-state index contributed by atoms with van der Waals surface area (Å²) in [5.41, 5.74) is -1.90. The second kappa shape index (κ2) is 5.56. The summed E-state index contributed by atoms with van der Waals surface area (Å²) in [6.07, 6.45) is -4.93. The molecule has 0 saturated heterocycles. The average Bonchev–Trinajstić information content (AvgIpc) is 2.35. The smallest absolute Gasteiger partial charge is 0.419 e. The monoisotopic (exact) mass is 298 g/mol. The van der Waals surface area contributed by atoms with Crippen LogP contribution in [0.25, 0.3) is 0 Å². The van der Waals surface area contributed by atoms with Gasteiger partial charge in [-0.1, -0.05) is 6.07 Å². The minimum Gasteiger partial charge on any atom is -0.463 e. The standard InChI is InChI=1S/C11H7ClF4O3/c1-19-10(18)9(17)8(12)5-2-3-7(13)6(4-5)11(14,15)16/h2-4,8H,1H3. The molecule has 1 unspecified atom stereocenters. The Morgan fingerprint density at radius 1 is 1.32 bits per heavy atom. The van der Waals surface area contributed by atoms with Gasteiger partial charge in [-0.2, -0.15) is 13.2 Å². The van der Waals surface area contributed by atoms with Gasteiger partial charge < -0.3 is 4.74 Å². The van der Waals surface area contributed by atoms with Crippen molar-refractivity contribution in [2.45, 2.75) is 11.6 Å². The Morgan fingerprint density at radius 3 is 2.37 bits per heavy atom. The van der Waals surface area contributed by atoms with E-state index >= 15 is 0 Å². The number of halogens is 5. The van der Waals surface area contributed by atoms with E-state index in [2.05, 4.69) is 4.74 Å². The van der Waals surface area contributed by atoms with Gasteiger partial charge in [0.1, 0.15) is 11.2 Å². The molecule has 0 amide bonds. The summed E-state index contributed by atoms with van der Waals surface area (Å²) in [6, 6.07) is 1.80. The van der Waals surface area contributed by atoms with Crippen LogP contribution in [0.2, 0.25) is 0 Å². The van der Waals surface area contributed by atoms with Crippen molar-refractivity contribution in [1.82, 2.24) is 0 Å². The molecule has 0 bridgehead atoms. The summed E-state index contributed by atoms with van der Waals surface area (Å²) in [4.78, 5) is 22.3. The van der Waals surface area contributed by atoms with Crippen molar-refractivity contribution in [1.29, 1.82) is 0 Å². The Bertz CT molecular complexity index is 513. The van der Waals surface area contributed by atoms with Gasteiger partial charge in [-0.05, 0) is 17.7 Å². The highest BCUT2D eigenvalue weighted by molar-refractivity contribution is 6.47. The number of Topliss-reactive ketones (excluding diaryl/α,β-unsaturated/α-hetero) is 1. The largest absolute Gasteiger partial charge is 0.463 e. The van der Waals surface area contributed by atoms with Crippen LogP contribution in [0.4, 0.5) is 17.6 Å². The first-order valence-corrected chi connectivity index (χ1v) is 5.25. The maximum Gasteiger partial charge on any atom is 0.419 e. The molecule has 0 fully saturated rings. The normalized spacial score (nSPS) is 12.9. The summed E-state index contributed by atoms with van der Waals surface area (Å²) < 4.78 is 54.5. The van der Waals surface area contributed by atoms with Gasteiger partial charge in [0.15, 0.2) is 0 Å². The van der Waals surface area contributed by atoms with Crippen LogP contribution in [0.5, 0.6) is 0 Å². The Hall–Kier alpha value is -1.63. The molecule has 0 N–H and O–H groups in total. The number of carbonyl (C=O) groups is 2. The van der Waals surface area contributed by atoms with Crippen molar-refractivity contribution in [2.75, 3.05) is 7.11 Å². The molecule has 104 valence electrons. The fourth-order valence-electron chi connectivity index (χ4n) is 1.27. The van der Waals surface area contributed by atoms with E-state index in [1.807, 2.05) is 0 Å². The first-order valence-electron chi connectivity index (χ1n) is 4.81. The number of methoxy groups -OCH3 is 1. The van der Waals surface area contributed by atoms with Crippen molar-refractivity contribution in [3.63, 3.8) is 0 Å². The van der Waals surface area contributed by atoms with Crippen molar-refractivity contribution in [3.05, 3.63) is 35.1 Å². The van der Waals surface area contributed by atoms with E-state index in [1.54, 1.807) is 0 Å². The molecule has 1 aromatic carbocycles. The zero-order valence-corrected chi connectivity index (χ0v) is 10.2. The molecule has 1 rings (SSSR count). The number of benzene rings is 1.